The van der Waals surface area contributed by atoms with E-state index >= 15 is 0 Å². The Morgan fingerprint density at radius 2 is 0.763 bits per heavy atom. The Hall–Kier alpha value is -14.3. The summed E-state index contributed by atoms with van der Waals surface area (Å²) in [6.07, 6.45) is 22.8. The Morgan fingerprint density at radius 1 is 0.427 bits per heavy atom. The van der Waals surface area contributed by atoms with Crippen LogP contribution in [0, 0.1) is 5.82 Å². The topological polar surface area (TPSA) is 322 Å². The van der Waals surface area contributed by atoms with Crippen LogP contribution in [0.4, 0.5) is 58.7 Å². The number of alkyl halides is 2. The SMILES string of the molecule is CCCN(c1cc(F)cc(OC)c1)c1ccc2ncc(-c3cnn(C)c3)nc2c1.CCn1cc(-c2cnc3ccc(N(CCN)c4cc(OC)cc(OC)c4)cc3n2)cn1.COc1cc(OC)cc(N(CC(O)C(C)(F)F)c2ccc3ncc(-c4cnn(C)c4)nc3c2)c1.COc1cc(OC)cc(N(CCN2CCC[C@H]2CO)c2ccc3ncc(-c4cnn(C)c4)nc3c2)c1.S. The smallest absolute Gasteiger partial charge is 0.272 e. The molecule has 0 spiro atoms. The molecule has 1 fully saturated rings. The third-order valence-electron chi connectivity index (χ3n) is 22.0. The van der Waals surface area contributed by atoms with Crippen LogP contribution < -0.4 is 58.5 Å². The Bertz CT molecular complexity index is 6490. The van der Waals surface area contributed by atoms with Crippen LogP contribution in [-0.2, 0) is 27.7 Å². The number of aromatic nitrogens is 16. The molecule has 682 valence electrons. The molecule has 17 rings (SSSR count). The molecule has 0 aliphatic carbocycles. The van der Waals surface area contributed by atoms with E-state index < -0.39 is 12.0 Å². The molecule has 8 aromatic heterocycles. The van der Waals surface area contributed by atoms with Gasteiger partial charge in [0.2, 0.25) is 0 Å². The van der Waals surface area contributed by atoms with Crippen LogP contribution in [0.1, 0.15) is 40.0 Å². The normalized spacial score (nSPS) is 12.7. The number of halogens is 3. The summed E-state index contributed by atoms with van der Waals surface area (Å²) in [7, 11) is 16.7. The number of aliphatic hydroxyl groups is 2. The van der Waals surface area contributed by atoms with Gasteiger partial charge in [-0.15, -0.1) is 0 Å². The monoisotopic (exact) mass is 1800 g/mol. The van der Waals surface area contributed by atoms with Crippen molar-refractivity contribution in [2.24, 2.45) is 26.9 Å². The van der Waals surface area contributed by atoms with E-state index in [0.717, 1.165) is 170 Å². The highest BCUT2D eigenvalue weighted by atomic mass is 32.1. The molecule has 1 saturated heterocycles. The van der Waals surface area contributed by atoms with Crippen molar-refractivity contribution in [3.63, 3.8) is 0 Å². The second-order valence-corrected chi connectivity index (χ2v) is 30.9. The molecule has 8 aromatic carbocycles. The number of hydrogen-bond donors (Lipinski definition) is 3. The van der Waals surface area contributed by atoms with E-state index in [-0.39, 0.29) is 38.5 Å². The van der Waals surface area contributed by atoms with Gasteiger partial charge in [0.05, 0.1) is 179 Å². The maximum absolute atomic E-state index is 14.1. The van der Waals surface area contributed by atoms with Crippen LogP contribution in [0.15, 0.2) is 220 Å². The van der Waals surface area contributed by atoms with Crippen LogP contribution in [0.5, 0.6) is 40.2 Å². The van der Waals surface area contributed by atoms with Gasteiger partial charge in [0.15, 0.2) is 0 Å². The molecule has 0 bridgehead atoms. The summed E-state index contributed by atoms with van der Waals surface area (Å²) in [6.45, 7) is 9.84. The van der Waals surface area contributed by atoms with Crippen molar-refractivity contribution in [1.29, 1.82) is 0 Å². The quantitative estimate of drug-likeness (QED) is 0.0363. The largest absolute Gasteiger partial charge is 0.497 e. The number of nitrogens with two attached hydrogens (primary N) is 1. The molecule has 4 N–H and O–H groups in total. The lowest BCUT2D eigenvalue weighted by molar-refractivity contribution is -0.0878. The number of anilines is 8. The molecule has 2 atom stereocenters. The van der Waals surface area contributed by atoms with Gasteiger partial charge >= 0.3 is 0 Å². The van der Waals surface area contributed by atoms with Gasteiger partial charge in [0, 0.05) is 233 Å². The van der Waals surface area contributed by atoms with Gasteiger partial charge in [0.1, 0.15) is 52.2 Å². The molecule has 0 radical (unpaired) electrons. The third-order valence-corrected chi connectivity index (χ3v) is 22.0. The lowest BCUT2D eigenvalue weighted by Crippen LogP contribution is -2.40. The zero-order valence-corrected chi connectivity index (χ0v) is 76.3. The number of nitrogens with zero attached hydrogens (tertiary/aromatic N) is 21. The standard InChI is InChI=1S/C27H32N6O3.C24H25F2N5O3.C23H26N6O2.C22H22FN5O.H2S/c1-31-17-19(15-29-31)27-16-28-25-7-6-20(13-26(25)30-27)33(10-9-32-8-4-5-21(32)18-34)22-11-23(35-2)14-24(12-22)36-3;1-24(25,26)23(32)14-31(17-7-18(33-3)10-19(8-17)34-4)16-5-6-20-21(9-16)29-22(12-27-20)15-11-28-30(2)13-15;1-4-28-15-16(13-26-28)23-14-25-21-6-5-17(11-22(21)27-23)29(8-7-24)18-9-19(30-2)12-20(10-18)31-3;1-4-7-28(18-8-16(23)9-19(10-18)29-3)17-5-6-20-21(11-17)26-22(13-24-20)15-12-25-27(2)14-15;/h6-7,11-17,21,34H,4-5,8-10,18H2,1-3H3;5-13,23,32H,14H2,1-4H3;5-6,9-15H,4,7-8,24H2,1-3H3;5-6,8-14H,4,7H2,1-3H3;1H2/t21-;;;;/m0..../s1. The molecule has 0 amide bonds. The van der Waals surface area contributed by atoms with Gasteiger partial charge in [-0.05, 0) is 112 Å². The van der Waals surface area contributed by atoms with Gasteiger partial charge in [-0.1, -0.05) is 6.92 Å². The molecule has 131 heavy (non-hydrogen) atoms. The van der Waals surface area contributed by atoms with Gasteiger partial charge < -0.3 is 68.7 Å². The second kappa shape index (κ2) is 43.2. The minimum atomic E-state index is -3.30. The lowest BCUT2D eigenvalue weighted by atomic mass is 10.1. The van der Waals surface area contributed by atoms with Crippen LogP contribution in [0.25, 0.3) is 89.2 Å². The van der Waals surface area contributed by atoms with E-state index in [1.807, 2.05) is 142 Å². The lowest BCUT2D eigenvalue weighted by Gasteiger charge is -2.30. The average molecular weight is 1800 g/mol. The highest BCUT2D eigenvalue weighted by Crippen LogP contribution is 2.41. The Morgan fingerprint density at radius 3 is 1.09 bits per heavy atom. The fourth-order valence-electron chi connectivity index (χ4n) is 15.1. The molecule has 1 aliphatic rings. The Balaban J connectivity index is 0.000000149. The number of ether oxygens (including phenoxy) is 7. The van der Waals surface area contributed by atoms with Crippen molar-refractivity contribution >= 4 is 103 Å². The molecular formula is C96H107F3N22O9S. The zero-order valence-electron chi connectivity index (χ0n) is 75.3. The molecule has 1 aliphatic heterocycles. The molecular weight excluding hydrogens is 1690 g/mol. The molecule has 1 unspecified atom stereocenters. The number of benzene rings is 8. The highest BCUT2D eigenvalue weighted by molar-refractivity contribution is 7.59. The number of aryl methyl sites for hydroxylation is 4. The van der Waals surface area contributed by atoms with Crippen LogP contribution in [0.2, 0.25) is 0 Å². The molecule has 16 aromatic rings. The van der Waals surface area contributed by atoms with Crippen molar-refractivity contribution < 1.29 is 56.5 Å². The molecule has 31 nitrogen and oxygen atoms in total. The summed E-state index contributed by atoms with van der Waals surface area (Å²) < 4.78 is 86.9. The number of aliphatic hydroxyl groups excluding tert-OH is 2. The van der Waals surface area contributed by atoms with E-state index in [1.165, 1.54) is 33.5 Å². The summed E-state index contributed by atoms with van der Waals surface area (Å²) in [4.78, 5) is 47.8. The summed E-state index contributed by atoms with van der Waals surface area (Å²) in [5.74, 6) is 0.699. The first kappa shape index (κ1) is 94.4. The van der Waals surface area contributed by atoms with Crippen molar-refractivity contribution in [1.82, 2.24) is 83.9 Å². The number of methoxy groups -OCH3 is 7. The second-order valence-electron chi connectivity index (χ2n) is 30.9. The minimum Gasteiger partial charge on any atom is -0.497 e. The van der Waals surface area contributed by atoms with Gasteiger partial charge in [-0.3, -0.25) is 43.6 Å². The fourth-order valence-corrected chi connectivity index (χ4v) is 15.1. The third kappa shape index (κ3) is 23.1. The predicted octanol–water partition coefficient (Wildman–Crippen LogP) is 16.3. The van der Waals surface area contributed by atoms with Crippen LogP contribution in [-0.4, -0.2) is 214 Å². The highest BCUT2D eigenvalue weighted by Gasteiger charge is 2.35. The summed E-state index contributed by atoms with van der Waals surface area (Å²) in [5.41, 5.74) is 25.1. The number of rotatable bonds is 31. The first-order chi connectivity index (χ1) is 63.0. The zero-order chi connectivity index (χ0) is 91.7. The van der Waals surface area contributed by atoms with E-state index in [0.29, 0.717) is 76.9 Å². The number of hydrogen-bond acceptors (Lipinski definition) is 27. The summed E-state index contributed by atoms with van der Waals surface area (Å²) in [5, 5.41) is 37.0. The van der Waals surface area contributed by atoms with Crippen LogP contribution in [0.3, 0.4) is 0 Å². The van der Waals surface area contributed by atoms with Crippen molar-refractivity contribution in [3.8, 4) is 85.3 Å². The average Bonchev–Trinajstić information content (AvgIpc) is 1.79. The van der Waals surface area contributed by atoms with Gasteiger partial charge in [-0.25, -0.2) is 33.1 Å². The minimum absolute atomic E-state index is 0. The van der Waals surface area contributed by atoms with E-state index in [1.54, 1.807) is 127 Å². The van der Waals surface area contributed by atoms with Gasteiger partial charge in [-0.2, -0.15) is 33.9 Å². The maximum atomic E-state index is 14.1. The molecule has 0 saturated carbocycles. The summed E-state index contributed by atoms with van der Waals surface area (Å²) >= 11 is 0. The maximum Gasteiger partial charge on any atom is 0.272 e. The van der Waals surface area contributed by atoms with Crippen LogP contribution >= 0.6 is 13.5 Å². The summed E-state index contributed by atoms with van der Waals surface area (Å²) in [6, 6.07) is 45.0. The van der Waals surface area contributed by atoms with Gasteiger partial charge in [0.25, 0.3) is 5.92 Å². The Labute approximate surface area is 763 Å². The van der Waals surface area contributed by atoms with Crippen molar-refractivity contribution in [2.45, 2.75) is 64.6 Å². The van der Waals surface area contributed by atoms with E-state index in [4.69, 9.17) is 53.8 Å². The van der Waals surface area contributed by atoms with Crippen molar-refractivity contribution in [3.05, 3.63) is 226 Å². The molecule has 35 heteroatoms. The molecule has 9 heterocycles. The van der Waals surface area contributed by atoms with Crippen molar-refractivity contribution in [2.75, 3.05) is 122 Å². The number of fused-ring (bicyclic) bond motifs is 4. The fraction of sp³-hybridized carbons (Fsp3) is 0.292. The first-order valence-corrected chi connectivity index (χ1v) is 42.3. The van der Waals surface area contributed by atoms with E-state index in [2.05, 4.69) is 90.9 Å². The number of likely N-dealkylation sites (tertiary alicyclic amines) is 1. The first-order valence-electron chi connectivity index (χ1n) is 42.3. The Kier molecular flexibility index (Phi) is 31.1. The predicted molar refractivity (Wildman–Crippen MR) is 509 cm³/mol. The van der Waals surface area contributed by atoms with E-state index in [9.17, 15) is 23.4 Å².